The first-order valence-electron chi connectivity index (χ1n) is 16.0. The van der Waals surface area contributed by atoms with Crippen molar-refractivity contribution in [1.82, 2.24) is 10.6 Å². The lowest BCUT2D eigenvalue weighted by Crippen LogP contribution is -2.63. The van der Waals surface area contributed by atoms with Crippen molar-refractivity contribution in [2.45, 2.75) is 70.2 Å². The summed E-state index contributed by atoms with van der Waals surface area (Å²) >= 11 is 0. The number of fused-ring (bicyclic) bond motifs is 1. The highest BCUT2D eigenvalue weighted by atomic mass is 16.6. The first-order chi connectivity index (χ1) is 22.9. The summed E-state index contributed by atoms with van der Waals surface area (Å²) in [4.78, 5) is 53.1. The smallest absolute Gasteiger partial charge is 0.407 e. The standard InChI is InChI=1S/C38H43N3O7/c1-37(2,3)48-35(44)38(39,23-22-27-13-6-4-7-14-27)34(43)41-32(19-12-24-40-36(45)46-26-28-15-8-5-9-16-28)33(42)47-31-21-20-29-17-10-11-18-30(29)25-31/h4-11,13-18,20-21,25,32H,12,19,22-24,26,39H2,1-3H3,(H,40,45)(H,41,43)/t32-,38-/m0/s1. The molecule has 48 heavy (non-hydrogen) atoms. The number of hydrogen-bond donors (Lipinski definition) is 3. The predicted octanol–water partition coefficient (Wildman–Crippen LogP) is 5.61. The molecule has 0 unspecified atom stereocenters. The summed E-state index contributed by atoms with van der Waals surface area (Å²) in [6.45, 7) is 5.30. The van der Waals surface area contributed by atoms with E-state index < -0.39 is 41.1 Å². The number of hydrogen-bond acceptors (Lipinski definition) is 8. The molecule has 10 heteroatoms. The van der Waals surface area contributed by atoms with Crippen molar-refractivity contribution in [3.8, 4) is 5.75 Å². The Morgan fingerprint density at radius 3 is 2.08 bits per heavy atom. The summed E-state index contributed by atoms with van der Waals surface area (Å²) < 4.78 is 16.5. The van der Waals surface area contributed by atoms with Crippen LogP contribution in [0.1, 0.15) is 51.2 Å². The number of alkyl carbamates (subject to hydrolysis) is 1. The summed E-state index contributed by atoms with van der Waals surface area (Å²) in [5.41, 5.74) is 5.27. The van der Waals surface area contributed by atoms with Crippen molar-refractivity contribution >= 4 is 34.7 Å². The number of benzene rings is 4. The number of nitrogens with two attached hydrogens (primary N) is 1. The first kappa shape index (κ1) is 35.6. The molecule has 0 aromatic heterocycles. The first-order valence-corrected chi connectivity index (χ1v) is 16.0. The summed E-state index contributed by atoms with van der Waals surface area (Å²) in [5.74, 6) is -2.24. The summed E-state index contributed by atoms with van der Waals surface area (Å²) in [5, 5.41) is 7.17. The number of amides is 2. The SMILES string of the molecule is CC(C)(C)OC(=O)[C@](N)(CCc1ccccc1)C(=O)N[C@@H](CCCNC(=O)OCc1ccccc1)C(=O)Oc1ccc2ccccc2c1. The van der Waals surface area contributed by atoms with Crippen LogP contribution < -0.4 is 21.1 Å². The third-order valence-electron chi connectivity index (χ3n) is 7.50. The highest BCUT2D eigenvalue weighted by Gasteiger charge is 2.46. The van der Waals surface area contributed by atoms with Crippen LogP contribution >= 0.6 is 0 Å². The molecule has 10 nitrogen and oxygen atoms in total. The monoisotopic (exact) mass is 653 g/mol. The lowest BCUT2D eigenvalue weighted by Gasteiger charge is -2.31. The van der Waals surface area contributed by atoms with Gasteiger partial charge in [0.1, 0.15) is 24.0 Å². The number of ether oxygens (including phenoxy) is 3. The van der Waals surface area contributed by atoms with Crippen LogP contribution in [0.4, 0.5) is 4.79 Å². The average molecular weight is 654 g/mol. The molecule has 0 aliphatic carbocycles. The van der Waals surface area contributed by atoms with E-state index in [0.717, 1.165) is 21.9 Å². The largest absolute Gasteiger partial charge is 0.458 e. The van der Waals surface area contributed by atoms with E-state index in [4.69, 9.17) is 19.9 Å². The average Bonchev–Trinajstić information content (AvgIpc) is 3.07. The van der Waals surface area contributed by atoms with Gasteiger partial charge in [0.25, 0.3) is 5.91 Å². The quantitative estimate of drug-likeness (QED) is 0.0689. The Hall–Kier alpha value is -5.22. The van der Waals surface area contributed by atoms with Crippen LogP contribution in [0.15, 0.2) is 103 Å². The fourth-order valence-electron chi connectivity index (χ4n) is 4.89. The zero-order valence-electron chi connectivity index (χ0n) is 27.6. The van der Waals surface area contributed by atoms with E-state index in [1.54, 1.807) is 32.9 Å². The number of rotatable bonds is 14. The highest BCUT2D eigenvalue weighted by Crippen LogP contribution is 2.23. The van der Waals surface area contributed by atoms with Crippen LogP contribution in [0.3, 0.4) is 0 Å². The molecule has 4 N–H and O–H groups in total. The molecule has 0 spiro atoms. The molecule has 0 bridgehead atoms. The molecule has 0 saturated heterocycles. The molecule has 0 aliphatic rings. The lowest BCUT2D eigenvalue weighted by molar-refractivity contribution is -0.165. The highest BCUT2D eigenvalue weighted by molar-refractivity contribution is 6.08. The van der Waals surface area contributed by atoms with Gasteiger partial charge in [0.15, 0.2) is 5.54 Å². The van der Waals surface area contributed by atoms with Crippen LogP contribution in [0.5, 0.6) is 5.75 Å². The van der Waals surface area contributed by atoms with Crippen molar-refractivity contribution in [1.29, 1.82) is 0 Å². The second kappa shape index (κ2) is 16.6. The minimum absolute atomic E-state index is 0.0696. The molecule has 0 saturated carbocycles. The number of carbonyl (C=O) groups is 4. The topological polar surface area (TPSA) is 146 Å². The van der Waals surface area contributed by atoms with Gasteiger partial charge < -0.3 is 30.6 Å². The predicted molar refractivity (Wildman–Crippen MR) is 183 cm³/mol. The van der Waals surface area contributed by atoms with Crippen molar-refractivity contribution in [3.05, 3.63) is 114 Å². The van der Waals surface area contributed by atoms with E-state index in [2.05, 4.69) is 10.6 Å². The number of nitrogens with one attached hydrogen (secondary N) is 2. The number of esters is 2. The van der Waals surface area contributed by atoms with Gasteiger partial charge in [-0.15, -0.1) is 0 Å². The van der Waals surface area contributed by atoms with Gasteiger partial charge in [-0.25, -0.2) is 14.4 Å². The van der Waals surface area contributed by atoms with Crippen molar-refractivity contribution in [2.75, 3.05) is 6.54 Å². The van der Waals surface area contributed by atoms with Gasteiger partial charge in [-0.1, -0.05) is 91.0 Å². The van der Waals surface area contributed by atoms with Crippen LogP contribution in [0, 0.1) is 0 Å². The molecular weight excluding hydrogens is 610 g/mol. The van der Waals surface area contributed by atoms with E-state index in [1.165, 1.54) is 0 Å². The Morgan fingerprint density at radius 1 is 0.792 bits per heavy atom. The maximum absolute atomic E-state index is 13.9. The maximum Gasteiger partial charge on any atom is 0.407 e. The minimum Gasteiger partial charge on any atom is -0.458 e. The normalized spacial score (nSPS) is 13.1. The Morgan fingerprint density at radius 2 is 1.42 bits per heavy atom. The van der Waals surface area contributed by atoms with Gasteiger partial charge in [0, 0.05) is 6.54 Å². The molecule has 0 aliphatic heterocycles. The molecule has 4 aromatic carbocycles. The molecule has 4 rings (SSSR count). The second-order valence-corrected chi connectivity index (χ2v) is 12.5. The van der Waals surface area contributed by atoms with E-state index in [1.807, 2.05) is 91.0 Å². The van der Waals surface area contributed by atoms with Crippen LogP contribution in [0.25, 0.3) is 10.8 Å². The Bertz CT molecular complexity index is 1690. The van der Waals surface area contributed by atoms with Gasteiger partial charge >= 0.3 is 18.0 Å². The molecular formula is C38H43N3O7. The van der Waals surface area contributed by atoms with E-state index in [9.17, 15) is 19.2 Å². The molecule has 2 atom stereocenters. The number of carbonyl (C=O) groups excluding carboxylic acids is 4. The van der Waals surface area contributed by atoms with Crippen LogP contribution in [0.2, 0.25) is 0 Å². The van der Waals surface area contributed by atoms with E-state index in [-0.39, 0.29) is 38.2 Å². The Labute approximate surface area is 280 Å². The molecule has 252 valence electrons. The van der Waals surface area contributed by atoms with E-state index in [0.29, 0.717) is 6.42 Å². The van der Waals surface area contributed by atoms with Gasteiger partial charge in [0.05, 0.1) is 0 Å². The summed E-state index contributed by atoms with van der Waals surface area (Å²) in [6.07, 6.45) is -0.0404. The minimum atomic E-state index is -2.11. The van der Waals surface area contributed by atoms with Crippen molar-refractivity contribution < 1.29 is 33.4 Å². The van der Waals surface area contributed by atoms with Crippen molar-refractivity contribution in [3.63, 3.8) is 0 Å². The second-order valence-electron chi connectivity index (χ2n) is 12.5. The maximum atomic E-state index is 13.9. The van der Waals surface area contributed by atoms with Crippen LogP contribution in [-0.2, 0) is 36.9 Å². The van der Waals surface area contributed by atoms with Crippen LogP contribution in [-0.4, -0.2) is 47.7 Å². The third kappa shape index (κ3) is 10.7. The molecule has 2 amide bonds. The van der Waals surface area contributed by atoms with Gasteiger partial charge in [-0.2, -0.15) is 0 Å². The zero-order chi connectivity index (χ0) is 34.6. The fraction of sp³-hybridized carbons (Fsp3) is 0.316. The third-order valence-corrected chi connectivity index (χ3v) is 7.50. The molecule has 0 heterocycles. The van der Waals surface area contributed by atoms with Crippen molar-refractivity contribution in [2.24, 2.45) is 5.73 Å². The molecule has 0 fully saturated rings. The molecule has 0 radical (unpaired) electrons. The molecule has 4 aromatic rings. The number of aryl methyl sites for hydroxylation is 1. The van der Waals surface area contributed by atoms with Gasteiger partial charge in [-0.05, 0) is 80.5 Å². The van der Waals surface area contributed by atoms with Gasteiger partial charge in [0.2, 0.25) is 0 Å². The van der Waals surface area contributed by atoms with Gasteiger partial charge in [-0.3, -0.25) is 4.79 Å². The Balaban J connectivity index is 1.48. The summed E-state index contributed by atoms with van der Waals surface area (Å²) in [7, 11) is 0. The van der Waals surface area contributed by atoms with E-state index >= 15 is 0 Å². The zero-order valence-corrected chi connectivity index (χ0v) is 27.6. The Kier molecular flexibility index (Phi) is 12.3. The summed E-state index contributed by atoms with van der Waals surface area (Å²) in [6, 6.07) is 30.2. The lowest BCUT2D eigenvalue weighted by atomic mass is 9.90. The fourth-order valence-corrected chi connectivity index (χ4v) is 4.89.